The van der Waals surface area contributed by atoms with Gasteiger partial charge in [-0.15, -0.1) is 0 Å². The Bertz CT molecular complexity index is 682. The average molecular weight is 342 g/mol. The molecule has 0 aliphatic rings. The normalized spacial score (nSPS) is 11.8. The van der Waals surface area contributed by atoms with Crippen LogP contribution < -0.4 is 10.6 Å². The molecule has 2 rings (SSSR count). The van der Waals surface area contributed by atoms with E-state index in [1.165, 1.54) is 5.56 Å². The van der Waals surface area contributed by atoms with Crippen LogP contribution >= 0.6 is 0 Å². The number of hydrogen-bond acceptors (Lipinski definition) is 3. The molecule has 1 atom stereocenters. The first-order valence-corrected chi connectivity index (χ1v) is 8.72. The first kappa shape index (κ1) is 18.7. The lowest BCUT2D eigenvalue weighted by atomic mass is 10.1. The molecule has 2 N–H and O–H groups in total. The second kappa shape index (κ2) is 9.61. The Balaban J connectivity index is 1.67. The number of nitrogens with one attached hydrogen (secondary N) is 2. The fraction of sp³-hybridized carbons (Fsp3) is 0.421. The monoisotopic (exact) mass is 342 g/mol. The average Bonchev–Trinajstić information content (AvgIpc) is 3.12. The molecule has 0 unspecified atom stereocenters. The van der Waals surface area contributed by atoms with Crippen molar-refractivity contribution in [1.29, 1.82) is 0 Å². The summed E-state index contributed by atoms with van der Waals surface area (Å²) in [6.45, 7) is 4.78. The third kappa shape index (κ3) is 6.79. The summed E-state index contributed by atoms with van der Waals surface area (Å²) in [4.78, 5) is 23.9. The standard InChI is InChI=1S/C19H26N4O2/c1-3-16-6-4-7-17(14-16)22-19(25)9-8-18(24)21-15(2)10-13-23-12-5-11-20-23/h4-7,11-12,14-15H,3,8-10,13H2,1-2H3,(H,21,24)(H,22,25)/t15-/m1/s1. The quantitative estimate of drug-likeness (QED) is 0.736. The number of hydrogen-bond donors (Lipinski definition) is 2. The number of nitrogens with zero attached hydrogens (tertiary/aromatic N) is 2. The van der Waals surface area contributed by atoms with Gasteiger partial charge in [0.15, 0.2) is 0 Å². The van der Waals surface area contributed by atoms with Gasteiger partial charge in [0.05, 0.1) is 0 Å². The predicted molar refractivity (Wildman–Crippen MR) is 98.1 cm³/mol. The molecule has 2 amide bonds. The number of anilines is 1. The zero-order chi connectivity index (χ0) is 18.1. The van der Waals surface area contributed by atoms with E-state index in [0.717, 1.165) is 25.1 Å². The van der Waals surface area contributed by atoms with Crippen LogP contribution in [0.4, 0.5) is 5.69 Å². The molecule has 6 nitrogen and oxygen atoms in total. The fourth-order valence-corrected chi connectivity index (χ4v) is 2.50. The Labute approximate surface area is 148 Å². The molecule has 0 aliphatic heterocycles. The molecule has 25 heavy (non-hydrogen) atoms. The third-order valence-electron chi connectivity index (χ3n) is 3.96. The smallest absolute Gasteiger partial charge is 0.224 e. The molecule has 1 aromatic heterocycles. The van der Waals surface area contributed by atoms with E-state index in [4.69, 9.17) is 0 Å². The summed E-state index contributed by atoms with van der Waals surface area (Å²) in [5.41, 5.74) is 1.94. The van der Waals surface area contributed by atoms with E-state index in [1.54, 1.807) is 6.20 Å². The van der Waals surface area contributed by atoms with Crippen molar-refractivity contribution in [3.63, 3.8) is 0 Å². The maximum Gasteiger partial charge on any atom is 0.224 e. The van der Waals surface area contributed by atoms with Gasteiger partial charge in [-0.3, -0.25) is 14.3 Å². The molecule has 1 aromatic carbocycles. The molecule has 2 aromatic rings. The van der Waals surface area contributed by atoms with Crippen molar-refractivity contribution in [3.05, 3.63) is 48.3 Å². The Morgan fingerprint density at radius 1 is 1.20 bits per heavy atom. The number of carbonyl (C=O) groups is 2. The molecule has 0 saturated carbocycles. The van der Waals surface area contributed by atoms with Crippen LogP contribution in [0.1, 0.15) is 38.7 Å². The predicted octanol–water partition coefficient (Wildman–Crippen LogP) is 2.76. The van der Waals surface area contributed by atoms with Crippen molar-refractivity contribution in [3.8, 4) is 0 Å². The second-order valence-electron chi connectivity index (χ2n) is 6.13. The van der Waals surface area contributed by atoms with Gasteiger partial charge in [0, 0.05) is 43.5 Å². The van der Waals surface area contributed by atoms with E-state index in [-0.39, 0.29) is 30.7 Å². The van der Waals surface area contributed by atoms with Gasteiger partial charge in [-0.1, -0.05) is 19.1 Å². The summed E-state index contributed by atoms with van der Waals surface area (Å²) >= 11 is 0. The molecule has 0 bridgehead atoms. The van der Waals surface area contributed by atoms with Crippen LogP contribution in [0.3, 0.4) is 0 Å². The van der Waals surface area contributed by atoms with Crippen LogP contribution in [0.5, 0.6) is 0 Å². The highest BCUT2D eigenvalue weighted by atomic mass is 16.2. The molecular weight excluding hydrogens is 316 g/mol. The lowest BCUT2D eigenvalue weighted by Crippen LogP contribution is -2.33. The summed E-state index contributed by atoms with van der Waals surface area (Å²) < 4.78 is 1.83. The number of aromatic nitrogens is 2. The third-order valence-corrected chi connectivity index (χ3v) is 3.96. The van der Waals surface area contributed by atoms with E-state index in [2.05, 4.69) is 22.7 Å². The van der Waals surface area contributed by atoms with Gasteiger partial charge in [-0.2, -0.15) is 5.10 Å². The van der Waals surface area contributed by atoms with Gasteiger partial charge in [-0.25, -0.2) is 0 Å². The molecule has 0 fully saturated rings. The van der Waals surface area contributed by atoms with Crippen molar-refractivity contribution < 1.29 is 9.59 Å². The Morgan fingerprint density at radius 2 is 2.00 bits per heavy atom. The number of aryl methyl sites for hydroxylation is 2. The molecule has 0 spiro atoms. The topological polar surface area (TPSA) is 76.0 Å². The van der Waals surface area contributed by atoms with Crippen molar-refractivity contribution >= 4 is 17.5 Å². The van der Waals surface area contributed by atoms with Gasteiger partial charge in [0.2, 0.25) is 11.8 Å². The van der Waals surface area contributed by atoms with E-state index in [0.29, 0.717) is 0 Å². The number of rotatable bonds is 9. The zero-order valence-corrected chi connectivity index (χ0v) is 14.9. The van der Waals surface area contributed by atoms with Gasteiger partial charge in [0.1, 0.15) is 0 Å². The first-order chi connectivity index (χ1) is 12.1. The molecule has 0 saturated heterocycles. The molecule has 1 heterocycles. The van der Waals surface area contributed by atoms with E-state index in [9.17, 15) is 9.59 Å². The maximum absolute atomic E-state index is 12.0. The zero-order valence-electron chi connectivity index (χ0n) is 14.9. The largest absolute Gasteiger partial charge is 0.354 e. The van der Waals surface area contributed by atoms with Crippen molar-refractivity contribution in [2.45, 2.75) is 52.1 Å². The minimum atomic E-state index is -0.146. The lowest BCUT2D eigenvalue weighted by molar-refractivity contribution is -0.124. The minimum Gasteiger partial charge on any atom is -0.354 e. The van der Waals surface area contributed by atoms with Crippen molar-refractivity contribution in [2.75, 3.05) is 5.32 Å². The lowest BCUT2D eigenvalue weighted by Gasteiger charge is -2.14. The van der Waals surface area contributed by atoms with Crippen molar-refractivity contribution in [2.24, 2.45) is 0 Å². The minimum absolute atomic E-state index is 0.0426. The highest BCUT2D eigenvalue weighted by molar-refractivity contribution is 5.93. The van der Waals surface area contributed by atoms with Crippen LogP contribution in [-0.2, 0) is 22.6 Å². The highest BCUT2D eigenvalue weighted by Crippen LogP contribution is 2.11. The van der Waals surface area contributed by atoms with Crippen LogP contribution in [0.15, 0.2) is 42.7 Å². The molecule has 6 heteroatoms. The van der Waals surface area contributed by atoms with E-state index < -0.39 is 0 Å². The summed E-state index contributed by atoms with van der Waals surface area (Å²) in [5, 5.41) is 9.89. The van der Waals surface area contributed by atoms with Crippen LogP contribution in [0.25, 0.3) is 0 Å². The van der Waals surface area contributed by atoms with Gasteiger partial charge in [-0.05, 0) is 43.5 Å². The summed E-state index contributed by atoms with van der Waals surface area (Å²) in [6, 6.07) is 9.67. The van der Waals surface area contributed by atoms with Crippen LogP contribution in [0, 0.1) is 0 Å². The second-order valence-corrected chi connectivity index (χ2v) is 6.13. The number of benzene rings is 1. The van der Waals surface area contributed by atoms with Gasteiger partial charge >= 0.3 is 0 Å². The number of carbonyl (C=O) groups excluding carboxylic acids is 2. The molecule has 0 radical (unpaired) electrons. The van der Waals surface area contributed by atoms with E-state index in [1.807, 2.05) is 48.1 Å². The van der Waals surface area contributed by atoms with Gasteiger partial charge < -0.3 is 10.6 Å². The molecular formula is C19H26N4O2. The van der Waals surface area contributed by atoms with Gasteiger partial charge in [0.25, 0.3) is 0 Å². The Kier molecular flexibility index (Phi) is 7.19. The maximum atomic E-state index is 12.0. The van der Waals surface area contributed by atoms with Crippen LogP contribution in [-0.4, -0.2) is 27.6 Å². The number of amides is 2. The SMILES string of the molecule is CCc1cccc(NC(=O)CCC(=O)N[C@H](C)CCn2cccn2)c1. The highest BCUT2D eigenvalue weighted by Gasteiger charge is 2.10. The Morgan fingerprint density at radius 3 is 2.72 bits per heavy atom. The summed E-state index contributed by atoms with van der Waals surface area (Å²) in [5.74, 6) is -0.252. The van der Waals surface area contributed by atoms with Crippen LogP contribution in [0.2, 0.25) is 0 Å². The molecule has 134 valence electrons. The first-order valence-electron chi connectivity index (χ1n) is 8.72. The molecule has 0 aliphatic carbocycles. The summed E-state index contributed by atoms with van der Waals surface area (Å²) in [7, 11) is 0. The Hall–Kier alpha value is -2.63. The fourth-order valence-electron chi connectivity index (χ4n) is 2.50. The van der Waals surface area contributed by atoms with Crippen molar-refractivity contribution in [1.82, 2.24) is 15.1 Å². The van der Waals surface area contributed by atoms with E-state index >= 15 is 0 Å². The summed E-state index contributed by atoms with van der Waals surface area (Å²) in [6.07, 6.45) is 5.70.